The maximum absolute atomic E-state index is 5.49. The number of rotatable bonds is 7. The van der Waals surface area contributed by atoms with Gasteiger partial charge in [-0.25, -0.2) is 0 Å². The molecule has 3 heteroatoms. The smallest absolute Gasteiger partial charge is 0.122 e. The maximum atomic E-state index is 5.49. The highest BCUT2D eigenvalue weighted by Crippen LogP contribution is 2.28. The second-order valence-electron chi connectivity index (χ2n) is 5.08. The van der Waals surface area contributed by atoms with Crippen molar-refractivity contribution in [3.8, 4) is 5.75 Å². The molecule has 2 rings (SSSR count). The summed E-state index contributed by atoms with van der Waals surface area (Å²) in [6.07, 6.45) is 2.03. The Hall–Kier alpha value is -1.32. The minimum atomic E-state index is 0.300. The van der Waals surface area contributed by atoms with Gasteiger partial charge < -0.3 is 10.1 Å². The van der Waals surface area contributed by atoms with E-state index in [-0.39, 0.29) is 0 Å². The lowest BCUT2D eigenvalue weighted by molar-refractivity contribution is 0.405. The summed E-state index contributed by atoms with van der Waals surface area (Å²) in [5.74, 6) is 0.942. The molecule has 0 bridgehead atoms. The average molecular weight is 348 g/mol. The van der Waals surface area contributed by atoms with E-state index in [1.165, 1.54) is 11.1 Å². The topological polar surface area (TPSA) is 21.3 Å². The molecule has 21 heavy (non-hydrogen) atoms. The number of methoxy groups -OCH3 is 1. The van der Waals surface area contributed by atoms with Crippen molar-refractivity contribution in [2.24, 2.45) is 0 Å². The van der Waals surface area contributed by atoms with Gasteiger partial charge in [0, 0.05) is 10.5 Å². The lowest BCUT2D eigenvalue weighted by Crippen LogP contribution is -2.24. The summed E-state index contributed by atoms with van der Waals surface area (Å²) >= 11 is 3.55. The van der Waals surface area contributed by atoms with Crippen LogP contribution in [0.1, 0.15) is 30.5 Å². The van der Waals surface area contributed by atoms with Crippen LogP contribution in [0.5, 0.6) is 5.75 Å². The van der Waals surface area contributed by atoms with Gasteiger partial charge in [-0.1, -0.05) is 53.2 Å². The lowest BCUT2D eigenvalue weighted by atomic mass is 9.98. The summed E-state index contributed by atoms with van der Waals surface area (Å²) in [5, 5.41) is 3.63. The Labute approximate surface area is 135 Å². The molecule has 0 heterocycles. The molecular formula is C18H22BrNO. The maximum Gasteiger partial charge on any atom is 0.122 e. The van der Waals surface area contributed by atoms with E-state index in [0.29, 0.717) is 6.04 Å². The van der Waals surface area contributed by atoms with Crippen LogP contribution in [0.3, 0.4) is 0 Å². The fraction of sp³-hybridized carbons (Fsp3) is 0.333. The first-order valence-corrected chi connectivity index (χ1v) is 8.14. The molecule has 1 N–H and O–H groups in total. The SMILES string of the molecule is CCCNC(Cc1cc(Br)ccc1OC)c1ccccc1. The first-order chi connectivity index (χ1) is 10.2. The van der Waals surface area contributed by atoms with E-state index in [9.17, 15) is 0 Å². The van der Waals surface area contributed by atoms with E-state index in [1.807, 2.05) is 12.1 Å². The molecule has 0 spiro atoms. The normalized spacial score (nSPS) is 12.1. The third kappa shape index (κ3) is 4.58. The predicted octanol–water partition coefficient (Wildman–Crippen LogP) is 4.74. The highest BCUT2D eigenvalue weighted by atomic mass is 79.9. The largest absolute Gasteiger partial charge is 0.496 e. The fourth-order valence-electron chi connectivity index (χ4n) is 2.44. The number of nitrogens with one attached hydrogen (secondary N) is 1. The van der Waals surface area contributed by atoms with Gasteiger partial charge >= 0.3 is 0 Å². The molecule has 0 aliphatic rings. The van der Waals surface area contributed by atoms with Gasteiger partial charge in [-0.2, -0.15) is 0 Å². The van der Waals surface area contributed by atoms with Gasteiger partial charge in [0.25, 0.3) is 0 Å². The monoisotopic (exact) mass is 347 g/mol. The van der Waals surface area contributed by atoms with Gasteiger partial charge in [0.1, 0.15) is 5.75 Å². The molecule has 0 radical (unpaired) electrons. The van der Waals surface area contributed by atoms with Crippen molar-refractivity contribution in [3.63, 3.8) is 0 Å². The molecule has 0 aromatic heterocycles. The second-order valence-corrected chi connectivity index (χ2v) is 5.99. The third-order valence-corrected chi connectivity index (χ3v) is 4.00. The highest BCUT2D eigenvalue weighted by Gasteiger charge is 2.14. The Morgan fingerprint density at radius 3 is 2.57 bits per heavy atom. The van der Waals surface area contributed by atoms with Crippen LogP contribution in [0.15, 0.2) is 53.0 Å². The number of hydrogen-bond donors (Lipinski definition) is 1. The zero-order valence-corrected chi connectivity index (χ0v) is 14.2. The number of hydrogen-bond acceptors (Lipinski definition) is 2. The van der Waals surface area contributed by atoms with Crippen molar-refractivity contribution in [1.29, 1.82) is 0 Å². The summed E-state index contributed by atoms with van der Waals surface area (Å²) in [6, 6.07) is 17.1. The average Bonchev–Trinajstić information content (AvgIpc) is 2.52. The van der Waals surface area contributed by atoms with E-state index < -0.39 is 0 Å². The van der Waals surface area contributed by atoms with E-state index >= 15 is 0 Å². The van der Waals surface area contributed by atoms with Crippen molar-refractivity contribution >= 4 is 15.9 Å². The van der Waals surface area contributed by atoms with Crippen molar-refractivity contribution in [1.82, 2.24) is 5.32 Å². The summed E-state index contributed by atoms with van der Waals surface area (Å²) in [5.41, 5.74) is 2.53. The first kappa shape index (κ1) is 16.1. The zero-order valence-electron chi connectivity index (χ0n) is 12.6. The predicted molar refractivity (Wildman–Crippen MR) is 91.9 cm³/mol. The fourth-order valence-corrected chi connectivity index (χ4v) is 2.85. The van der Waals surface area contributed by atoms with Gasteiger partial charge in [-0.05, 0) is 48.7 Å². The van der Waals surface area contributed by atoms with Gasteiger partial charge in [-0.3, -0.25) is 0 Å². The molecule has 0 saturated heterocycles. The minimum Gasteiger partial charge on any atom is -0.496 e. The van der Waals surface area contributed by atoms with Crippen LogP contribution in [-0.4, -0.2) is 13.7 Å². The van der Waals surface area contributed by atoms with Gasteiger partial charge in [-0.15, -0.1) is 0 Å². The minimum absolute atomic E-state index is 0.300. The van der Waals surface area contributed by atoms with Crippen LogP contribution in [0.4, 0.5) is 0 Å². The number of halogens is 1. The van der Waals surface area contributed by atoms with Crippen LogP contribution in [-0.2, 0) is 6.42 Å². The molecule has 2 nitrogen and oxygen atoms in total. The first-order valence-electron chi connectivity index (χ1n) is 7.35. The quantitative estimate of drug-likeness (QED) is 0.780. The van der Waals surface area contributed by atoms with Gasteiger partial charge in [0.2, 0.25) is 0 Å². The van der Waals surface area contributed by atoms with Crippen LogP contribution < -0.4 is 10.1 Å². The molecule has 0 aliphatic carbocycles. The summed E-state index contributed by atoms with van der Waals surface area (Å²) in [4.78, 5) is 0. The van der Waals surface area contributed by atoms with Gasteiger partial charge in [0.15, 0.2) is 0 Å². The zero-order chi connectivity index (χ0) is 15.1. The summed E-state index contributed by atoms with van der Waals surface area (Å²) in [6.45, 7) is 3.20. The Balaban J connectivity index is 2.24. The number of ether oxygens (including phenoxy) is 1. The molecular weight excluding hydrogens is 326 g/mol. The van der Waals surface area contributed by atoms with Crippen LogP contribution >= 0.6 is 15.9 Å². The van der Waals surface area contributed by atoms with E-state index in [0.717, 1.165) is 29.6 Å². The van der Waals surface area contributed by atoms with Crippen LogP contribution in [0.25, 0.3) is 0 Å². The molecule has 2 aromatic rings. The summed E-state index contributed by atoms with van der Waals surface area (Å²) < 4.78 is 6.58. The molecule has 1 unspecified atom stereocenters. The van der Waals surface area contributed by atoms with Crippen LogP contribution in [0.2, 0.25) is 0 Å². The van der Waals surface area contributed by atoms with E-state index in [2.05, 4.69) is 64.6 Å². The molecule has 112 valence electrons. The Morgan fingerprint density at radius 2 is 1.90 bits per heavy atom. The Bertz CT molecular complexity index is 556. The second kappa shape index (κ2) is 8.20. The standard InChI is InChI=1S/C18H22BrNO/c1-3-11-20-17(14-7-5-4-6-8-14)13-15-12-16(19)9-10-18(15)21-2/h4-10,12,17,20H,3,11,13H2,1-2H3. The van der Waals surface area contributed by atoms with Crippen LogP contribution in [0, 0.1) is 0 Å². The number of benzene rings is 2. The molecule has 0 amide bonds. The molecule has 0 saturated carbocycles. The lowest BCUT2D eigenvalue weighted by Gasteiger charge is -2.20. The Kier molecular flexibility index (Phi) is 6.27. The van der Waals surface area contributed by atoms with Gasteiger partial charge in [0.05, 0.1) is 7.11 Å². The molecule has 0 fully saturated rings. The van der Waals surface area contributed by atoms with Crippen molar-refractivity contribution in [2.45, 2.75) is 25.8 Å². The van der Waals surface area contributed by atoms with E-state index in [4.69, 9.17) is 4.74 Å². The van der Waals surface area contributed by atoms with Crippen molar-refractivity contribution in [3.05, 3.63) is 64.1 Å². The van der Waals surface area contributed by atoms with Crippen molar-refractivity contribution in [2.75, 3.05) is 13.7 Å². The molecule has 2 aromatic carbocycles. The van der Waals surface area contributed by atoms with E-state index in [1.54, 1.807) is 7.11 Å². The Morgan fingerprint density at radius 1 is 1.14 bits per heavy atom. The molecule has 1 atom stereocenters. The van der Waals surface area contributed by atoms with Crippen molar-refractivity contribution < 1.29 is 4.74 Å². The molecule has 0 aliphatic heterocycles. The highest BCUT2D eigenvalue weighted by molar-refractivity contribution is 9.10. The third-order valence-electron chi connectivity index (χ3n) is 3.51. The summed E-state index contributed by atoms with van der Waals surface area (Å²) in [7, 11) is 1.73.